The summed E-state index contributed by atoms with van der Waals surface area (Å²) < 4.78 is 28.2. The number of ether oxygens (including phenoxy) is 1. The van der Waals surface area contributed by atoms with Crippen molar-refractivity contribution in [1.82, 2.24) is 0 Å². The summed E-state index contributed by atoms with van der Waals surface area (Å²) in [7, 11) is 0. The first-order valence-electron chi connectivity index (χ1n) is 4.63. The Balaban J connectivity index is 3.26. The lowest BCUT2D eigenvalue weighted by molar-refractivity contribution is -0.387. The lowest BCUT2D eigenvalue weighted by Gasteiger charge is -2.11. The van der Waals surface area contributed by atoms with Gasteiger partial charge in [0.1, 0.15) is 0 Å². The summed E-state index contributed by atoms with van der Waals surface area (Å²) in [5.74, 6) is -0.216. The maximum Gasteiger partial charge on any atom is 0.387 e. The summed E-state index contributed by atoms with van der Waals surface area (Å²) in [6.07, 6.45) is 0. The molecule has 7 heteroatoms. The minimum absolute atomic E-state index is 0.0793. The lowest BCUT2D eigenvalue weighted by Crippen LogP contribution is -2.09. The number of para-hydroxylation sites is 1. The third kappa shape index (κ3) is 3.10. The van der Waals surface area contributed by atoms with Crippen LogP contribution >= 0.6 is 0 Å². The zero-order valence-electron chi connectivity index (χ0n) is 8.89. The van der Waals surface area contributed by atoms with E-state index in [1.54, 1.807) is 0 Å². The largest absolute Gasteiger partial charge is 0.427 e. The Labute approximate surface area is 95.8 Å². The van der Waals surface area contributed by atoms with E-state index in [0.717, 1.165) is 6.07 Å². The Bertz CT molecular complexity index is 411. The van der Waals surface area contributed by atoms with Crippen LogP contribution in [0, 0.1) is 16.0 Å². The van der Waals surface area contributed by atoms with Crippen molar-refractivity contribution in [2.45, 2.75) is 13.5 Å². The molecule has 1 N–H and O–H groups in total. The molecule has 0 amide bonds. The fourth-order valence-electron chi connectivity index (χ4n) is 1.33. The van der Waals surface area contributed by atoms with Crippen molar-refractivity contribution in [3.8, 4) is 5.75 Å². The highest BCUT2D eigenvalue weighted by Gasteiger charge is 2.26. The van der Waals surface area contributed by atoms with Gasteiger partial charge < -0.3 is 9.84 Å². The molecule has 17 heavy (non-hydrogen) atoms. The predicted molar refractivity (Wildman–Crippen MR) is 54.8 cm³/mol. The second-order valence-electron chi connectivity index (χ2n) is 3.23. The number of benzene rings is 1. The maximum atomic E-state index is 12.1. The van der Waals surface area contributed by atoms with E-state index in [4.69, 9.17) is 5.11 Å². The summed E-state index contributed by atoms with van der Waals surface area (Å²) in [5, 5.41) is 19.7. The molecule has 1 aromatic carbocycles. The molecule has 0 aliphatic carbocycles. The van der Waals surface area contributed by atoms with Crippen LogP contribution in [-0.4, -0.2) is 23.2 Å². The van der Waals surface area contributed by atoms with Crippen molar-refractivity contribution >= 4 is 5.69 Å². The van der Waals surface area contributed by atoms with Crippen molar-refractivity contribution in [3.05, 3.63) is 39.8 Å². The maximum absolute atomic E-state index is 12.1. The van der Waals surface area contributed by atoms with Crippen molar-refractivity contribution in [1.29, 1.82) is 0 Å². The number of alkyl halides is 2. The first kappa shape index (κ1) is 13.3. The lowest BCUT2D eigenvalue weighted by atomic mass is 10.00. The molecule has 0 aromatic heterocycles. The molecule has 1 rings (SSSR count). The highest BCUT2D eigenvalue weighted by molar-refractivity contribution is 5.57. The zero-order valence-corrected chi connectivity index (χ0v) is 8.89. The average Bonchev–Trinajstić information content (AvgIpc) is 2.26. The van der Waals surface area contributed by atoms with Gasteiger partial charge in [0.05, 0.1) is 11.5 Å². The van der Waals surface area contributed by atoms with Crippen molar-refractivity contribution < 1.29 is 23.5 Å². The van der Waals surface area contributed by atoms with Crippen LogP contribution in [0.4, 0.5) is 14.5 Å². The van der Waals surface area contributed by atoms with Crippen LogP contribution in [0.5, 0.6) is 5.75 Å². The van der Waals surface area contributed by atoms with E-state index in [-0.39, 0.29) is 5.56 Å². The molecular weight excluding hydrogens is 236 g/mol. The van der Waals surface area contributed by atoms with Gasteiger partial charge >= 0.3 is 12.3 Å². The smallest absolute Gasteiger partial charge is 0.387 e. The number of nitro groups is 1. The van der Waals surface area contributed by atoms with Gasteiger partial charge in [0.2, 0.25) is 5.75 Å². The van der Waals surface area contributed by atoms with E-state index in [9.17, 15) is 18.9 Å². The summed E-state index contributed by atoms with van der Waals surface area (Å²) in [5.41, 5.74) is -0.491. The summed E-state index contributed by atoms with van der Waals surface area (Å²) >= 11 is 0. The molecule has 0 aliphatic heterocycles. The average molecular weight is 246 g/mol. The second-order valence-corrected chi connectivity index (χ2v) is 3.23. The van der Waals surface area contributed by atoms with Crippen LogP contribution in [0.1, 0.15) is 12.5 Å². The molecule has 0 fully saturated rings. The fraction of sp³-hybridized carbons (Fsp3) is 0.300. The van der Waals surface area contributed by atoms with Crippen LogP contribution < -0.4 is 4.74 Å². The monoisotopic (exact) mass is 246 g/mol. The molecule has 1 radical (unpaired) electrons. The van der Waals surface area contributed by atoms with E-state index in [0.29, 0.717) is 5.92 Å². The number of aliphatic hydroxyl groups excluding tert-OH is 1. The van der Waals surface area contributed by atoms with Gasteiger partial charge in [-0.15, -0.1) is 0 Å². The van der Waals surface area contributed by atoms with E-state index < -0.39 is 29.6 Å². The zero-order chi connectivity index (χ0) is 13.0. The van der Waals surface area contributed by atoms with E-state index in [1.165, 1.54) is 19.1 Å². The van der Waals surface area contributed by atoms with Gasteiger partial charge in [-0.1, -0.05) is 19.1 Å². The Kier molecular flexibility index (Phi) is 4.33. The molecule has 0 spiro atoms. The Morgan fingerprint density at radius 1 is 1.59 bits per heavy atom. The van der Waals surface area contributed by atoms with Crippen LogP contribution in [0.3, 0.4) is 0 Å². The molecule has 0 bridgehead atoms. The Hall–Kier alpha value is -1.76. The van der Waals surface area contributed by atoms with Gasteiger partial charge in [-0.3, -0.25) is 10.1 Å². The molecule has 0 atom stereocenters. The molecule has 93 valence electrons. The van der Waals surface area contributed by atoms with Crippen LogP contribution in [0.2, 0.25) is 0 Å². The van der Waals surface area contributed by atoms with Crippen molar-refractivity contribution in [2.75, 3.05) is 6.61 Å². The standard InChI is InChI=1S/C10H10F2NO4/c1-6(5-14)7-3-2-4-8(17-10(11)12)9(7)13(15)16/h2-4,10,14H,5H2,1H3. The van der Waals surface area contributed by atoms with Gasteiger partial charge in [0.15, 0.2) is 0 Å². The number of nitro benzene ring substituents is 1. The first-order valence-corrected chi connectivity index (χ1v) is 4.63. The minimum atomic E-state index is -3.14. The highest BCUT2D eigenvalue weighted by Crippen LogP contribution is 2.35. The number of rotatable bonds is 5. The SMILES string of the molecule is C[C](CO)c1cccc(OC(F)F)c1[N+](=O)[O-]. The summed E-state index contributed by atoms with van der Waals surface area (Å²) in [4.78, 5) is 10.0. The van der Waals surface area contributed by atoms with E-state index >= 15 is 0 Å². The highest BCUT2D eigenvalue weighted by atomic mass is 19.3. The fourth-order valence-corrected chi connectivity index (χ4v) is 1.33. The van der Waals surface area contributed by atoms with E-state index in [2.05, 4.69) is 4.74 Å². The van der Waals surface area contributed by atoms with Crippen molar-refractivity contribution in [2.24, 2.45) is 0 Å². The van der Waals surface area contributed by atoms with Gasteiger partial charge in [0.25, 0.3) is 0 Å². The first-order chi connectivity index (χ1) is 7.97. The number of hydrogen-bond acceptors (Lipinski definition) is 4. The van der Waals surface area contributed by atoms with E-state index in [1.807, 2.05) is 0 Å². The number of halogens is 2. The number of hydrogen-bond donors (Lipinski definition) is 1. The predicted octanol–water partition coefficient (Wildman–Crippen LogP) is 2.13. The normalized spacial score (nSPS) is 10.9. The molecular formula is C10H10F2NO4. The number of nitrogens with zero attached hydrogens (tertiary/aromatic N) is 1. The Morgan fingerprint density at radius 3 is 2.71 bits per heavy atom. The van der Waals surface area contributed by atoms with Crippen molar-refractivity contribution in [3.63, 3.8) is 0 Å². The molecule has 1 aromatic rings. The van der Waals surface area contributed by atoms with Crippen LogP contribution in [0.15, 0.2) is 18.2 Å². The van der Waals surface area contributed by atoms with Gasteiger partial charge in [-0.2, -0.15) is 8.78 Å². The topological polar surface area (TPSA) is 72.6 Å². The third-order valence-corrected chi connectivity index (χ3v) is 2.09. The summed E-state index contributed by atoms with van der Waals surface area (Å²) in [6.45, 7) is -2.08. The molecule has 0 unspecified atom stereocenters. The molecule has 0 saturated carbocycles. The van der Waals surface area contributed by atoms with Crippen LogP contribution in [0.25, 0.3) is 0 Å². The van der Waals surface area contributed by atoms with Gasteiger partial charge in [-0.25, -0.2) is 0 Å². The van der Waals surface area contributed by atoms with Gasteiger partial charge in [-0.05, 0) is 6.07 Å². The Morgan fingerprint density at radius 2 is 2.24 bits per heavy atom. The summed E-state index contributed by atoms with van der Waals surface area (Å²) in [6, 6.07) is 3.79. The second kappa shape index (κ2) is 5.53. The number of aliphatic hydroxyl groups is 1. The minimum Gasteiger partial charge on any atom is -0.427 e. The van der Waals surface area contributed by atoms with Gasteiger partial charge in [0, 0.05) is 11.5 Å². The molecule has 0 saturated heterocycles. The van der Waals surface area contributed by atoms with Crippen LogP contribution in [-0.2, 0) is 0 Å². The third-order valence-electron chi connectivity index (χ3n) is 2.09. The quantitative estimate of drug-likeness (QED) is 0.638. The molecule has 5 nitrogen and oxygen atoms in total. The molecule has 0 heterocycles. The molecule has 0 aliphatic rings.